The van der Waals surface area contributed by atoms with Crippen molar-refractivity contribution in [3.05, 3.63) is 63.6 Å². The van der Waals surface area contributed by atoms with E-state index >= 15 is 0 Å². The van der Waals surface area contributed by atoms with E-state index in [0.717, 1.165) is 10.5 Å². The van der Waals surface area contributed by atoms with Crippen LogP contribution in [-0.2, 0) is 4.79 Å². The lowest BCUT2D eigenvalue weighted by atomic mass is 10.2. The van der Waals surface area contributed by atoms with Crippen molar-refractivity contribution in [2.45, 2.75) is 0 Å². The number of carboxylic acid groups (broad SMARTS) is 1. The topological polar surface area (TPSA) is 46.5 Å². The Labute approximate surface area is 129 Å². The van der Waals surface area contributed by atoms with Gasteiger partial charge in [-0.25, -0.2) is 4.79 Å². The summed E-state index contributed by atoms with van der Waals surface area (Å²) in [6.45, 7) is 0. The Bertz CT molecular complexity index is 668. The van der Waals surface area contributed by atoms with Crippen LogP contribution in [0.2, 0.25) is 5.02 Å². The minimum Gasteiger partial charge on any atom is -0.478 e. The second kappa shape index (κ2) is 6.59. The quantitative estimate of drug-likeness (QED) is 0.787. The Balaban J connectivity index is 2.34. The van der Waals surface area contributed by atoms with Gasteiger partial charge in [-0.2, -0.15) is 0 Å². The van der Waals surface area contributed by atoms with Gasteiger partial charge in [-0.3, -0.25) is 0 Å². The van der Waals surface area contributed by atoms with E-state index in [1.165, 1.54) is 6.08 Å². The van der Waals surface area contributed by atoms with Gasteiger partial charge in [-0.1, -0.05) is 39.7 Å². The zero-order chi connectivity index (χ0) is 14.5. The highest BCUT2D eigenvalue weighted by Crippen LogP contribution is 2.30. The van der Waals surface area contributed by atoms with Crippen LogP contribution >= 0.6 is 27.5 Å². The van der Waals surface area contributed by atoms with Gasteiger partial charge in [0.2, 0.25) is 0 Å². The summed E-state index contributed by atoms with van der Waals surface area (Å²) in [5.74, 6) is 0.112. The molecule has 0 saturated heterocycles. The summed E-state index contributed by atoms with van der Waals surface area (Å²) in [7, 11) is 0. The predicted octanol–water partition coefficient (Wildman–Crippen LogP) is 4.99. The number of benzene rings is 2. The third kappa shape index (κ3) is 4.11. The zero-order valence-electron chi connectivity index (χ0n) is 10.2. The van der Waals surface area contributed by atoms with E-state index in [2.05, 4.69) is 15.9 Å². The van der Waals surface area contributed by atoms with Gasteiger partial charge >= 0.3 is 5.97 Å². The lowest BCUT2D eigenvalue weighted by molar-refractivity contribution is -0.131. The molecular weight excluding hydrogens is 344 g/mol. The van der Waals surface area contributed by atoms with Crippen LogP contribution < -0.4 is 4.74 Å². The minimum absolute atomic E-state index is 0.541. The van der Waals surface area contributed by atoms with Crippen molar-refractivity contribution in [3.63, 3.8) is 0 Å². The average molecular weight is 354 g/mol. The highest BCUT2D eigenvalue weighted by Gasteiger charge is 2.05. The largest absolute Gasteiger partial charge is 0.478 e. The first kappa shape index (κ1) is 14.6. The first-order valence-corrected chi connectivity index (χ1v) is 6.85. The molecule has 0 unspecified atom stereocenters. The van der Waals surface area contributed by atoms with Crippen molar-refractivity contribution < 1.29 is 14.6 Å². The van der Waals surface area contributed by atoms with Crippen molar-refractivity contribution in [1.82, 2.24) is 0 Å². The molecule has 2 aromatic rings. The molecular formula is C15H10BrClO3. The van der Waals surface area contributed by atoms with Crippen LogP contribution in [0.5, 0.6) is 11.5 Å². The molecule has 0 heterocycles. The molecule has 0 bridgehead atoms. The van der Waals surface area contributed by atoms with E-state index in [-0.39, 0.29) is 0 Å². The monoisotopic (exact) mass is 352 g/mol. The molecule has 0 radical (unpaired) electrons. The molecule has 0 aliphatic heterocycles. The molecule has 0 amide bonds. The Hall–Kier alpha value is -1.78. The number of carbonyl (C=O) groups is 1. The molecule has 0 fully saturated rings. The Morgan fingerprint density at radius 1 is 1.25 bits per heavy atom. The van der Waals surface area contributed by atoms with Crippen molar-refractivity contribution in [1.29, 1.82) is 0 Å². The summed E-state index contributed by atoms with van der Waals surface area (Å²) in [4.78, 5) is 10.6. The molecule has 102 valence electrons. The number of aliphatic carboxylic acids is 1. The summed E-state index contributed by atoms with van der Waals surface area (Å²) in [5.41, 5.74) is 0.663. The van der Waals surface area contributed by atoms with Gasteiger partial charge in [0, 0.05) is 21.1 Å². The van der Waals surface area contributed by atoms with Crippen molar-refractivity contribution in [3.8, 4) is 11.5 Å². The summed E-state index contributed by atoms with van der Waals surface area (Å²) in [5, 5.41) is 9.26. The van der Waals surface area contributed by atoms with Gasteiger partial charge in [0.15, 0.2) is 0 Å². The molecule has 0 aliphatic carbocycles. The lowest BCUT2D eigenvalue weighted by Gasteiger charge is -2.09. The summed E-state index contributed by atoms with van der Waals surface area (Å²) in [6, 6.07) is 12.3. The average Bonchev–Trinajstić information content (AvgIpc) is 2.37. The maximum absolute atomic E-state index is 10.6. The van der Waals surface area contributed by atoms with Gasteiger partial charge in [0.25, 0.3) is 0 Å². The Kier molecular flexibility index (Phi) is 4.82. The second-order valence-corrected chi connectivity index (χ2v) is 5.27. The molecule has 0 spiro atoms. The van der Waals surface area contributed by atoms with E-state index in [1.807, 2.05) is 6.07 Å². The summed E-state index contributed by atoms with van der Waals surface area (Å²) in [6.07, 6.45) is 2.54. The van der Waals surface area contributed by atoms with Crippen LogP contribution in [0, 0.1) is 0 Å². The van der Waals surface area contributed by atoms with Crippen molar-refractivity contribution >= 4 is 39.6 Å². The van der Waals surface area contributed by atoms with E-state index < -0.39 is 5.97 Å². The fourth-order valence-corrected chi connectivity index (χ4v) is 2.07. The van der Waals surface area contributed by atoms with Gasteiger partial charge in [-0.05, 0) is 36.4 Å². The van der Waals surface area contributed by atoms with Gasteiger partial charge < -0.3 is 9.84 Å². The van der Waals surface area contributed by atoms with Gasteiger partial charge in [0.1, 0.15) is 11.5 Å². The number of hydrogen-bond donors (Lipinski definition) is 1. The smallest absolute Gasteiger partial charge is 0.328 e. The molecule has 0 saturated carbocycles. The molecule has 3 nitrogen and oxygen atoms in total. The normalized spacial score (nSPS) is 10.7. The number of ether oxygens (including phenoxy) is 1. The van der Waals surface area contributed by atoms with Crippen LogP contribution in [0.3, 0.4) is 0 Å². The van der Waals surface area contributed by atoms with E-state index in [0.29, 0.717) is 22.1 Å². The number of carboxylic acids is 1. The van der Waals surface area contributed by atoms with Crippen LogP contribution in [0.1, 0.15) is 5.56 Å². The summed E-state index contributed by atoms with van der Waals surface area (Å²) >= 11 is 9.26. The van der Waals surface area contributed by atoms with Crippen molar-refractivity contribution in [2.24, 2.45) is 0 Å². The minimum atomic E-state index is -1.01. The standard InChI is InChI=1S/C15H10BrClO3/c16-11-6-4-10(5-7-15(18)19)14(8-11)20-13-3-1-2-12(17)9-13/h1-9H,(H,18,19)/b7-5+. The SMILES string of the molecule is O=C(O)/C=C/c1ccc(Br)cc1Oc1cccc(Cl)c1. The molecule has 20 heavy (non-hydrogen) atoms. The van der Waals surface area contributed by atoms with Crippen molar-refractivity contribution in [2.75, 3.05) is 0 Å². The molecule has 0 atom stereocenters. The van der Waals surface area contributed by atoms with Crippen LogP contribution in [0.4, 0.5) is 0 Å². The third-order valence-corrected chi connectivity index (χ3v) is 3.13. The van der Waals surface area contributed by atoms with Gasteiger partial charge in [-0.15, -0.1) is 0 Å². The molecule has 2 rings (SSSR count). The van der Waals surface area contributed by atoms with Crippen LogP contribution in [-0.4, -0.2) is 11.1 Å². The fraction of sp³-hybridized carbons (Fsp3) is 0. The maximum atomic E-state index is 10.6. The summed E-state index contributed by atoms with van der Waals surface area (Å²) < 4.78 is 6.58. The Morgan fingerprint density at radius 3 is 2.75 bits per heavy atom. The molecule has 0 aliphatic rings. The highest BCUT2D eigenvalue weighted by molar-refractivity contribution is 9.10. The van der Waals surface area contributed by atoms with Gasteiger partial charge in [0.05, 0.1) is 0 Å². The number of hydrogen-bond acceptors (Lipinski definition) is 2. The molecule has 2 aromatic carbocycles. The number of halogens is 2. The Morgan fingerprint density at radius 2 is 2.05 bits per heavy atom. The third-order valence-electron chi connectivity index (χ3n) is 2.40. The fourth-order valence-electron chi connectivity index (χ4n) is 1.55. The van der Waals surface area contributed by atoms with Crippen LogP contribution in [0.25, 0.3) is 6.08 Å². The first-order chi connectivity index (χ1) is 9.54. The number of rotatable bonds is 4. The maximum Gasteiger partial charge on any atom is 0.328 e. The van der Waals surface area contributed by atoms with Crippen LogP contribution in [0.15, 0.2) is 53.0 Å². The molecule has 0 aromatic heterocycles. The molecule has 5 heteroatoms. The van der Waals surface area contributed by atoms with E-state index in [1.54, 1.807) is 36.4 Å². The first-order valence-electron chi connectivity index (χ1n) is 5.68. The van der Waals surface area contributed by atoms with E-state index in [4.69, 9.17) is 21.4 Å². The predicted molar refractivity (Wildman–Crippen MR) is 82.3 cm³/mol. The zero-order valence-corrected chi connectivity index (χ0v) is 12.6. The molecule has 1 N–H and O–H groups in total. The highest BCUT2D eigenvalue weighted by atomic mass is 79.9. The lowest BCUT2D eigenvalue weighted by Crippen LogP contribution is -1.90. The van der Waals surface area contributed by atoms with E-state index in [9.17, 15) is 4.79 Å². The second-order valence-electron chi connectivity index (χ2n) is 3.91.